The number of carbonyl (C=O) groups excluding carboxylic acids is 1. The molecule has 0 radical (unpaired) electrons. The molecule has 1 saturated heterocycles. The van der Waals surface area contributed by atoms with Crippen LogP contribution in [0, 0.1) is 6.92 Å². The van der Waals surface area contributed by atoms with Crippen molar-refractivity contribution in [1.29, 1.82) is 0 Å². The van der Waals surface area contributed by atoms with E-state index in [-0.39, 0.29) is 12.1 Å². The van der Waals surface area contributed by atoms with E-state index in [4.69, 9.17) is 9.15 Å². The summed E-state index contributed by atoms with van der Waals surface area (Å²) in [5.74, 6) is 1.75. The van der Waals surface area contributed by atoms with Gasteiger partial charge in [-0.05, 0) is 52.7 Å². The molecule has 0 bridgehead atoms. The molecule has 20 heavy (non-hydrogen) atoms. The first kappa shape index (κ1) is 14.9. The van der Waals surface area contributed by atoms with Crippen LogP contribution in [-0.2, 0) is 4.74 Å². The number of hydrogen-bond acceptors (Lipinski definition) is 3. The first-order chi connectivity index (χ1) is 9.37. The molecule has 0 saturated carbocycles. The number of rotatable bonds is 1. The van der Waals surface area contributed by atoms with Gasteiger partial charge in [-0.25, -0.2) is 4.79 Å². The largest absolute Gasteiger partial charge is 0.464 e. The molecule has 2 heterocycles. The van der Waals surface area contributed by atoms with Gasteiger partial charge in [-0.1, -0.05) is 12.8 Å². The van der Waals surface area contributed by atoms with E-state index >= 15 is 0 Å². The molecule has 1 aliphatic heterocycles. The van der Waals surface area contributed by atoms with E-state index in [9.17, 15) is 4.79 Å². The molecule has 4 nitrogen and oxygen atoms in total. The molecule has 1 atom stereocenters. The van der Waals surface area contributed by atoms with Crippen LogP contribution in [0.1, 0.15) is 64.0 Å². The Morgan fingerprint density at radius 2 is 2.05 bits per heavy atom. The number of furan rings is 1. The highest BCUT2D eigenvalue weighted by molar-refractivity contribution is 5.68. The maximum atomic E-state index is 12.4. The second-order valence-electron chi connectivity index (χ2n) is 6.49. The van der Waals surface area contributed by atoms with Crippen molar-refractivity contribution in [2.75, 3.05) is 6.54 Å². The zero-order valence-electron chi connectivity index (χ0n) is 12.9. The van der Waals surface area contributed by atoms with Crippen molar-refractivity contribution in [3.8, 4) is 0 Å². The van der Waals surface area contributed by atoms with Gasteiger partial charge in [0.1, 0.15) is 17.1 Å². The number of carbonyl (C=O) groups is 1. The molecule has 1 aliphatic rings. The summed E-state index contributed by atoms with van der Waals surface area (Å²) in [5, 5.41) is 0. The van der Waals surface area contributed by atoms with E-state index in [1.165, 1.54) is 0 Å². The van der Waals surface area contributed by atoms with E-state index in [2.05, 4.69) is 0 Å². The molecule has 4 heteroatoms. The third kappa shape index (κ3) is 3.78. The fourth-order valence-electron chi connectivity index (χ4n) is 2.58. The van der Waals surface area contributed by atoms with Crippen molar-refractivity contribution >= 4 is 6.09 Å². The van der Waals surface area contributed by atoms with Crippen LogP contribution in [0.4, 0.5) is 4.79 Å². The number of nitrogens with zero attached hydrogens (tertiary/aromatic N) is 1. The minimum absolute atomic E-state index is 0.000972. The van der Waals surface area contributed by atoms with Crippen LogP contribution in [-0.4, -0.2) is 23.1 Å². The van der Waals surface area contributed by atoms with Crippen LogP contribution in [0.5, 0.6) is 0 Å². The smallest absolute Gasteiger partial charge is 0.410 e. The molecule has 0 aliphatic carbocycles. The molecule has 0 aromatic carbocycles. The van der Waals surface area contributed by atoms with Gasteiger partial charge in [0.15, 0.2) is 0 Å². The molecule has 112 valence electrons. The van der Waals surface area contributed by atoms with Gasteiger partial charge in [0.2, 0.25) is 0 Å². The Bertz CT molecular complexity index is 459. The zero-order valence-corrected chi connectivity index (χ0v) is 12.9. The third-order valence-electron chi connectivity index (χ3n) is 3.47. The van der Waals surface area contributed by atoms with Gasteiger partial charge in [0.25, 0.3) is 0 Å². The lowest BCUT2D eigenvalue weighted by Crippen LogP contribution is -2.39. The van der Waals surface area contributed by atoms with Gasteiger partial charge in [0.05, 0.1) is 6.04 Å². The first-order valence-corrected chi connectivity index (χ1v) is 7.43. The molecular formula is C16H25NO3. The Morgan fingerprint density at radius 3 is 2.65 bits per heavy atom. The number of amides is 1. The Labute approximate surface area is 121 Å². The third-order valence-corrected chi connectivity index (χ3v) is 3.47. The van der Waals surface area contributed by atoms with Crippen LogP contribution in [0.25, 0.3) is 0 Å². The molecule has 0 spiro atoms. The second-order valence-corrected chi connectivity index (χ2v) is 6.49. The summed E-state index contributed by atoms with van der Waals surface area (Å²) in [6.45, 7) is 8.36. The van der Waals surface area contributed by atoms with Crippen LogP contribution in [0.15, 0.2) is 16.5 Å². The Balaban J connectivity index is 2.19. The molecule has 2 rings (SSSR count). The van der Waals surface area contributed by atoms with E-state index in [0.717, 1.165) is 43.7 Å². The molecular weight excluding hydrogens is 254 g/mol. The number of aryl methyl sites for hydroxylation is 1. The normalized spacial score (nSPS) is 20.6. The average molecular weight is 279 g/mol. The lowest BCUT2D eigenvalue weighted by Gasteiger charge is -2.31. The predicted molar refractivity (Wildman–Crippen MR) is 77.6 cm³/mol. The van der Waals surface area contributed by atoms with Crippen LogP contribution in [0.2, 0.25) is 0 Å². The Kier molecular flexibility index (Phi) is 4.41. The van der Waals surface area contributed by atoms with Gasteiger partial charge in [-0.15, -0.1) is 0 Å². The topological polar surface area (TPSA) is 42.7 Å². The molecule has 1 fully saturated rings. The minimum Gasteiger partial charge on any atom is -0.464 e. The summed E-state index contributed by atoms with van der Waals surface area (Å²) in [6.07, 6.45) is 3.99. The highest BCUT2D eigenvalue weighted by atomic mass is 16.6. The van der Waals surface area contributed by atoms with E-state index in [1.54, 1.807) is 0 Å². The van der Waals surface area contributed by atoms with Crippen LogP contribution < -0.4 is 0 Å². The lowest BCUT2D eigenvalue weighted by atomic mass is 10.1. The standard InChI is InChI=1S/C16H25NO3/c1-12-9-10-14(19-12)13-8-6-5-7-11-17(13)15(18)20-16(2,3)4/h9-10,13H,5-8,11H2,1-4H3. The van der Waals surface area contributed by atoms with Gasteiger partial charge < -0.3 is 9.15 Å². The summed E-state index contributed by atoms with van der Waals surface area (Å²) in [6, 6.07) is 3.93. The maximum absolute atomic E-state index is 12.4. The van der Waals surface area contributed by atoms with Crippen molar-refractivity contribution in [3.05, 3.63) is 23.7 Å². The van der Waals surface area contributed by atoms with Crippen LogP contribution >= 0.6 is 0 Å². The van der Waals surface area contributed by atoms with Crippen molar-refractivity contribution in [2.45, 2.75) is 65.0 Å². The summed E-state index contributed by atoms with van der Waals surface area (Å²) in [5.41, 5.74) is -0.465. The van der Waals surface area contributed by atoms with E-state index in [1.807, 2.05) is 44.7 Å². The van der Waals surface area contributed by atoms with Gasteiger partial charge >= 0.3 is 6.09 Å². The summed E-state index contributed by atoms with van der Waals surface area (Å²) in [4.78, 5) is 14.2. The van der Waals surface area contributed by atoms with Gasteiger partial charge in [-0.2, -0.15) is 0 Å². The highest BCUT2D eigenvalue weighted by Crippen LogP contribution is 2.32. The molecule has 1 unspecified atom stereocenters. The highest BCUT2D eigenvalue weighted by Gasteiger charge is 2.31. The number of ether oxygens (including phenoxy) is 1. The minimum atomic E-state index is -0.465. The predicted octanol–water partition coefficient (Wildman–Crippen LogP) is 4.44. The number of likely N-dealkylation sites (tertiary alicyclic amines) is 1. The van der Waals surface area contributed by atoms with Crippen LogP contribution in [0.3, 0.4) is 0 Å². The van der Waals surface area contributed by atoms with Gasteiger partial charge in [0, 0.05) is 6.54 Å². The first-order valence-electron chi connectivity index (χ1n) is 7.43. The van der Waals surface area contributed by atoms with Crippen molar-refractivity contribution in [2.24, 2.45) is 0 Å². The molecule has 0 N–H and O–H groups in total. The maximum Gasteiger partial charge on any atom is 0.410 e. The fraction of sp³-hybridized carbons (Fsp3) is 0.688. The molecule has 1 amide bonds. The summed E-state index contributed by atoms with van der Waals surface area (Å²) >= 11 is 0. The second kappa shape index (κ2) is 5.90. The number of hydrogen-bond donors (Lipinski definition) is 0. The lowest BCUT2D eigenvalue weighted by molar-refractivity contribution is 0.0141. The van der Waals surface area contributed by atoms with Crippen molar-refractivity contribution in [3.63, 3.8) is 0 Å². The summed E-state index contributed by atoms with van der Waals surface area (Å²) < 4.78 is 11.3. The average Bonchev–Trinajstić information content (AvgIpc) is 2.62. The summed E-state index contributed by atoms with van der Waals surface area (Å²) in [7, 11) is 0. The quantitative estimate of drug-likeness (QED) is 0.763. The van der Waals surface area contributed by atoms with Crippen molar-refractivity contribution < 1.29 is 13.9 Å². The molecule has 1 aromatic rings. The zero-order chi connectivity index (χ0) is 14.8. The monoisotopic (exact) mass is 279 g/mol. The Morgan fingerprint density at radius 1 is 1.30 bits per heavy atom. The molecule has 1 aromatic heterocycles. The van der Waals surface area contributed by atoms with E-state index < -0.39 is 5.60 Å². The van der Waals surface area contributed by atoms with E-state index in [0.29, 0.717) is 0 Å². The SMILES string of the molecule is Cc1ccc(C2CCCCCN2C(=O)OC(C)(C)C)o1. The Hall–Kier alpha value is -1.45. The van der Waals surface area contributed by atoms with Gasteiger partial charge in [-0.3, -0.25) is 4.90 Å². The fourth-order valence-corrected chi connectivity index (χ4v) is 2.58. The van der Waals surface area contributed by atoms with Crippen molar-refractivity contribution in [1.82, 2.24) is 4.90 Å².